The molecule has 7 rings (SSSR count). The molecule has 1 unspecified atom stereocenters. The van der Waals surface area contributed by atoms with Gasteiger partial charge in [0, 0.05) is 24.9 Å². The molecule has 9 atom stereocenters. The van der Waals surface area contributed by atoms with Gasteiger partial charge in [0.05, 0.1) is 48.8 Å². The van der Waals surface area contributed by atoms with E-state index in [1.54, 1.807) is 41.1 Å². The molecule has 1 aromatic heterocycles. The number of carbonyl (C=O) groups is 4. The van der Waals surface area contributed by atoms with Crippen molar-refractivity contribution in [1.82, 2.24) is 30.1 Å². The van der Waals surface area contributed by atoms with Gasteiger partial charge in [0.15, 0.2) is 0 Å². The Morgan fingerprint density at radius 1 is 1.07 bits per heavy atom. The number of hydrogen-bond donors (Lipinski definition) is 2. The molecule has 15 heteroatoms. The number of allylic oxidation sites excluding steroid dienone is 1. The number of benzene rings is 3. The average Bonchev–Trinajstić information content (AvgIpc) is 3.98. The van der Waals surface area contributed by atoms with Gasteiger partial charge in [-0.05, 0) is 42.5 Å². The van der Waals surface area contributed by atoms with E-state index in [2.05, 4.69) is 44.7 Å². The molecule has 0 radical (unpaired) electrons. The number of alkyl halides is 1. The minimum absolute atomic E-state index is 0.0159. The van der Waals surface area contributed by atoms with Gasteiger partial charge in [-0.25, -0.2) is 4.68 Å². The van der Waals surface area contributed by atoms with Crippen LogP contribution in [0.4, 0.5) is 0 Å². The Kier molecular flexibility index (Phi) is 13.0. The van der Waals surface area contributed by atoms with Crippen molar-refractivity contribution in [3.8, 4) is 0 Å². The summed E-state index contributed by atoms with van der Waals surface area (Å²) in [5.74, 6) is -4.21. The molecular weight excluding hydrogens is 820 g/mol. The summed E-state index contributed by atoms with van der Waals surface area (Å²) in [4.78, 5) is 61.0. The summed E-state index contributed by atoms with van der Waals surface area (Å²) in [5, 5.41) is 22.6. The second kappa shape index (κ2) is 18.4. The van der Waals surface area contributed by atoms with Crippen molar-refractivity contribution < 1.29 is 38.5 Å². The van der Waals surface area contributed by atoms with E-state index < -0.39 is 77.0 Å². The third-order valence-corrected chi connectivity index (χ3v) is 12.4. The maximum Gasteiger partial charge on any atom is 0.313 e. The molecule has 3 fully saturated rings. The highest BCUT2D eigenvalue weighted by molar-refractivity contribution is 9.09. The standard InChI is InChI=1S/C44H49BrN6O8/c1-4-6-21-35(53)46-33(26-57-3)38(29-17-11-8-12-18-29)58-43(56)36-37-41(54)51(30(25-52)23-28-15-9-7-10-16-28)40(44(37)24-31(45)39(36)59-44)42(55)49(22-5-2)27-50-34-20-14-13-19-32(34)47-48-50/h4-5,7-20,30-31,33,36-40,52H,1-2,6,21-27H2,3H3,(H,46,53)/t30-,31?,33-,36+,37-,38-,39+,40+,44-/m1/s1. The predicted molar refractivity (Wildman–Crippen MR) is 222 cm³/mol. The first kappa shape index (κ1) is 41.9. The lowest BCUT2D eigenvalue weighted by atomic mass is 9.70. The molecule has 3 aliphatic rings. The van der Waals surface area contributed by atoms with Gasteiger partial charge in [-0.15, -0.1) is 18.3 Å². The van der Waals surface area contributed by atoms with Crippen LogP contribution in [0, 0.1) is 11.8 Å². The lowest BCUT2D eigenvalue weighted by Crippen LogP contribution is -2.59. The summed E-state index contributed by atoms with van der Waals surface area (Å²) in [6.07, 6.45) is 2.51. The quantitative estimate of drug-likeness (QED) is 0.0796. The van der Waals surface area contributed by atoms with Gasteiger partial charge in [-0.1, -0.05) is 106 Å². The summed E-state index contributed by atoms with van der Waals surface area (Å²) in [6.45, 7) is 7.26. The number of aliphatic hydroxyl groups is 1. The highest BCUT2D eigenvalue weighted by atomic mass is 79.9. The van der Waals surface area contributed by atoms with E-state index in [1.165, 1.54) is 16.9 Å². The topological polar surface area (TPSA) is 165 Å². The average molecular weight is 870 g/mol. The highest BCUT2D eigenvalue weighted by Crippen LogP contribution is 2.61. The molecule has 4 aromatic rings. The summed E-state index contributed by atoms with van der Waals surface area (Å²) in [5.41, 5.74) is 1.34. The molecule has 3 amide bonds. The first-order valence-electron chi connectivity index (χ1n) is 19.8. The zero-order chi connectivity index (χ0) is 41.7. The largest absolute Gasteiger partial charge is 0.455 e. The fourth-order valence-electron chi connectivity index (χ4n) is 9.00. The van der Waals surface area contributed by atoms with E-state index >= 15 is 9.59 Å². The van der Waals surface area contributed by atoms with Crippen molar-refractivity contribution in [1.29, 1.82) is 0 Å². The number of aliphatic hydroxyl groups excluding tert-OH is 1. The van der Waals surface area contributed by atoms with Crippen molar-refractivity contribution in [2.24, 2.45) is 11.8 Å². The van der Waals surface area contributed by atoms with Gasteiger partial charge in [-0.3, -0.25) is 19.2 Å². The molecule has 310 valence electrons. The van der Waals surface area contributed by atoms with Gasteiger partial charge in [0.1, 0.15) is 29.9 Å². The van der Waals surface area contributed by atoms with Crippen LogP contribution in [0.25, 0.3) is 11.0 Å². The smallest absolute Gasteiger partial charge is 0.313 e. The number of likely N-dealkylation sites (tertiary alicyclic amines) is 1. The molecule has 14 nitrogen and oxygen atoms in total. The Morgan fingerprint density at radius 2 is 1.78 bits per heavy atom. The molecule has 2 N–H and O–H groups in total. The summed E-state index contributed by atoms with van der Waals surface area (Å²) < 4.78 is 20.4. The van der Waals surface area contributed by atoms with Crippen LogP contribution in [0.15, 0.2) is 110 Å². The maximum atomic E-state index is 15.3. The number of carbonyl (C=O) groups excluding carboxylic acids is 4. The summed E-state index contributed by atoms with van der Waals surface area (Å²) in [6, 6.07) is 22.9. The maximum absolute atomic E-state index is 15.3. The Bertz CT molecular complexity index is 2150. The predicted octanol–water partition coefficient (Wildman–Crippen LogP) is 4.14. The van der Waals surface area contributed by atoms with Crippen molar-refractivity contribution in [2.75, 3.05) is 26.9 Å². The van der Waals surface area contributed by atoms with Gasteiger partial charge < -0.3 is 34.4 Å². The molecular formula is C44H49BrN6O8. The van der Waals surface area contributed by atoms with Crippen LogP contribution in [-0.4, -0.2) is 115 Å². The zero-order valence-corrected chi connectivity index (χ0v) is 34.4. The lowest BCUT2D eigenvalue weighted by Gasteiger charge is -2.39. The number of halogens is 1. The van der Waals surface area contributed by atoms with E-state index in [4.69, 9.17) is 14.2 Å². The summed E-state index contributed by atoms with van der Waals surface area (Å²) in [7, 11) is 1.49. The highest BCUT2D eigenvalue weighted by Gasteiger charge is 2.77. The van der Waals surface area contributed by atoms with E-state index in [0.29, 0.717) is 23.0 Å². The second-order valence-electron chi connectivity index (χ2n) is 15.2. The van der Waals surface area contributed by atoms with Crippen LogP contribution < -0.4 is 5.32 Å². The number of nitrogens with one attached hydrogen (secondary N) is 1. The molecule has 4 heterocycles. The molecule has 3 aliphatic heterocycles. The van der Waals surface area contributed by atoms with Gasteiger partial charge >= 0.3 is 5.97 Å². The van der Waals surface area contributed by atoms with Crippen molar-refractivity contribution in [2.45, 2.75) is 73.1 Å². The second-order valence-corrected chi connectivity index (χ2v) is 16.4. The van der Waals surface area contributed by atoms with Crippen LogP contribution in [0.2, 0.25) is 0 Å². The molecule has 2 bridgehead atoms. The Labute approximate surface area is 351 Å². The number of fused-ring (bicyclic) bond motifs is 2. The number of para-hydroxylation sites is 1. The van der Waals surface area contributed by atoms with E-state index in [0.717, 1.165) is 5.56 Å². The van der Waals surface area contributed by atoms with Gasteiger partial charge in [0.2, 0.25) is 17.7 Å². The van der Waals surface area contributed by atoms with Crippen molar-refractivity contribution >= 4 is 50.7 Å². The number of methoxy groups -OCH3 is 1. The molecule has 1 spiro atoms. The number of rotatable bonds is 19. The molecule has 59 heavy (non-hydrogen) atoms. The van der Waals surface area contributed by atoms with E-state index in [1.807, 2.05) is 60.7 Å². The number of amides is 3. The SMILES string of the molecule is C=CCCC(=O)N[C@H](COC)[C@H](OC(=O)[C@@H]1[C@H]2O[C@@]3(CC2Br)[C@H](C(=O)N(CC=C)Cn2nnc4ccccc42)N([C@@H](CO)Cc2ccccc2)C(=O)[C@@H]13)c1ccccc1. The monoisotopic (exact) mass is 868 g/mol. The van der Waals surface area contributed by atoms with Crippen molar-refractivity contribution in [3.63, 3.8) is 0 Å². The number of esters is 1. The van der Waals surface area contributed by atoms with Crippen LogP contribution in [0.5, 0.6) is 0 Å². The fourth-order valence-corrected chi connectivity index (χ4v) is 9.94. The lowest BCUT2D eigenvalue weighted by molar-refractivity contribution is -0.163. The molecule has 0 aliphatic carbocycles. The number of aromatic nitrogens is 3. The Morgan fingerprint density at radius 3 is 2.47 bits per heavy atom. The number of ether oxygens (including phenoxy) is 3. The zero-order valence-electron chi connectivity index (χ0n) is 32.8. The van der Waals surface area contributed by atoms with Crippen LogP contribution in [0.1, 0.15) is 36.5 Å². The van der Waals surface area contributed by atoms with Gasteiger partial charge in [-0.2, -0.15) is 0 Å². The summed E-state index contributed by atoms with van der Waals surface area (Å²) >= 11 is 3.76. The Balaban J connectivity index is 1.27. The van der Waals surface area contributed by atoms with E-state index in [-0.39, 0.29) is 45.0 Å². The fraction of sp³-hybridized carbons (Fsp3) is 0.409. The third kappa shape index (κ3) is 8.21. The number of hydrogen-bond acceptors (Lipinski definition) is 10. The normalized spacial score (nSPS) is 24.6. The molecule has 3 saturated heterocycles. The third-order valence-electron chi connectivity index (χ3n) is 11.5. The Hall–Kier alpha value is -5.22. The van der Waals surface area contributed by atoms with E-state index in [9.17, 15) is 14.7 Å². The first-order chi connectivity index (χ1) is 28.6. The minimum Gasteiger partial charge on any atom is -0.455 e. The van der Waals surface area contributed by atoms with Gasteiger partial charge in [0.25, 0.3) is 0 Å². The van der Waals surface area contributed by atoms with Crippen molar-refractivity contribution in [3.05, 3.63) is 121 Å². The molecule has 0 saturated carbocycles. The van der Waals surface area contributed by atoms with Crippen LogP contribution in [-0.2, 0) is 46.5 Å². The number of nitrogens with zero attached hydrogens (tertiary/aromatic N) is 5. The molecule has 3 aromatic carbocycles. The minimum atomic E-state index is -1.47. The first-order valence-corrected chi connectivity index (χ1v) is 20.7. The van der Waals surface area contributed by atoms with Crippen LogP contribution in [0.3, 0.4) is 0 Å². The van der Waals surface area contributed by atoms with Crippen LogP contribution >= 0.6 is 15.9 Å².